The minimum Gasteiger partial charge on any atom is -0.394 e. The van der Waals surface area contributed by atoms with Crippen molar-refractivity contribution in [3.8, 4) is 0 Å². The van der Waals surface area contributed by atoms with Gasteiger partial charge in [0, 0.05) is 18.8 Å². The average Bonchev–Trinajstić information content (AvgIpc) is 2.66. The van der Waals surface area contributed by atoms with Gasteiger partial charge in [0.25, 0.3) is 0 Å². The molecule has 0 aliphatic carbocycles. The Morgan fingerprint density at radius 3 is 3.29 bits per heavy atom. The average molecular weight is 212 g/mol. The van der Waals surface area contributed by atoms with Crippen molar-refractivity contribution >= 4 is 17.4 Å². The van der Waals surface area contributed by atoms with E-state index in [1.807, 2.05) is 0 Å². The molecule has 1 aliphatic heterocycles. The zero-order valence-corrected chi connectivity index (χ0v) is 8.54. The molecular weight excluding hydrogens is 200 g/mol. The molecule has 2 heterocycles. The SMILES string of the molecule is OCC1CCCN1c1ncc[c]c1Cl. The molecule has 1 aliphatic rings. The maximum atomic E-state index is 9.17. The Bertz CT molecular complexity index is 319. The highest BCUT2D eigenvalue weighted by Gasteiger charge is 2.26. The smallest absolute Gasteiger partial charge is 0.148 e. The van der Waals surface area contributed by atoms with Crippen LogP contribution in [0.15, 0.2) is 12.3 Å². The van der Waals surface area contributed by atoms with E-state index in [4.69, 9.17) is 16.7 Å². The third-order valence-electron chi connectivity index (χ3n) is 2.54. The van der Waals surface area contributed by atoms with Gasteiger partial charge in [-0.15, -0.1) is 0 Å². The molecule has 1 aromatic heterocycles. The Kier molecular flexibility index (Phi) is 2.89. The molecule has 14 heavy (non-hydrogen) atoms. The summed E-state index contributed by atoms with van der Waals surface area (Å²) in [7, 11) is 0. The van der Waals surface area contributed by atoms with E-state index in [2.05, 4.69) is 16.0 Å². The third-order valence-corrected chi connectivity index (χ3v) is 2.82. The first-order valence-corrected chi connectivity index (χ1v) is 5.10. The first kappa shape index (κ1) is 9.74. The number of rotatable bonds is 2. The minimum atomic E-state index is 0.160. The van der Waals surface area contributed by atoms with Crippen molar-refractivity contribution in [3.63, 3.8) is 0 Å². The summed E-state index contributed by atoms with van der Waals surface area (Å²) < 4.78 is 0. The van der Waals surface area contributed by atoms with E-state index in [0.717, 1.165) is 25.2 Å². The van der Waals surface area contributed by atoms with Crippen molar-refractivity contribution in [2.24, 2.45) is 0 Å². The quantitative estimate of drug-likeness (QED) is 0.806. The lowest BCUT2D eigenvalue weighted by Gasteiger charge is -2.24. The van der Waals surface area contributed by atoms with Crippen LogP contribution in [0.1, 0.15) is 12.8 Å². The van der Waals surface area contributed by atoms with Gasteiger partial charge in [-0.05, 0) is 18.9 Å². The third kappa shape index (κ3) is 1.70. The molecule has 1 radical (unpaired) electrons. The minimum absolute atomic E-state index is 0.160. The Morgan fingerprint density at radius 2 is 2.57 bits per heavy atom. The number of aliphatic hydroxyl groups is 1. The van der Waals surface area contributed by atoms with Gasteiger partial charge < -0.3 is 10.0 Å². The molecule has 0 bridgehead atoms. The molecule has 1 aromatic rings. The highest BCUT2D eigenvalue weighted by molar-refractivity contribution is 6.32. The largest absolute Gasteiger partial charge is 0.394 e. The van der Waals surface area contributed by atoms with Crippen molar-refractivity contribution in [2.45, 2.75) is 18.9 Å². The number of aliphatic hydroxyl groups excluding tert-OH is 1. The van der Waals surface area contributed by atoms with Crippen molar-refractivity contribution in [2.75, 3.05) is 18.1 Å². The summed E-state index contributed by atoms with van der Waals surface area (Å²) in [6, 6.07) is 4.75. The molecule has 0 aromatic carbocycles. The zero-order valence-electron chi connectivity index (χ0n) is 7.78. The summed E-state index contributed by atoms with van der Waals surface area (Å²) in [5.74, 6) is 0.741. The van der Waals surface area contributed by atoms with Gasteiger partial charge in [0.1, 0.15) is 5.82 Å². The second-order valence-electron chi connectivity index (χ2n) is 3.40. The molecule has 1 N–H and O–H groups in total. The van der Waals surface area contributed by atoms with Gasteiger partial charge in [0.05, 0.1) is 17.7 Å². The standard InChI is InChI=1S/C10H12ClN2O/c11-9-4-1-5-12-10(9)13-6-2-3-8(13)7-14/h1,5,8,14H,2-3,6-7H2. The molecule has 0 saturated carbocycles. The first-order valence-electron chi connectivity index (χ1n) is 4.72. The van der Waals surface area contributed by atoms with Crippen LogP contribution in [-0.2, 0) is 0 Å². The van der Waals surface area contributed by atoms with E-state index >= 15 is 0 Å². The predicted octanol–water partition coefficient (Wildman–Crippen LogP) is 1.50. The zero-order chi connectivity index (χ0) is 9.97. The number of pyridine rings is 1. The van der Waals surface area contributed by atoms with Gasteiger partial charge in [-0.25, -0.2) is 4.98 Å². The van der Waals surface area contributed by atoms with Gasteiger partial charge in [-0.2, -0.15) is 0 Å². The molecule has 1 fully saturated rings. The normalized spacial score (nSPS) is 21.6. The van der Waals surface area contributed by atoms with Crippen LogP contribution >= 0.6 is 11.6 Å². The van der Waals surface area contributed by atoms with Gasteiger partial charge in [0.15, 0.2) is 0 Å². The monoisotopic (exact) mass is 211 g/mol. The molecule has 0 spiro atoms. The summed E-state index contributed by atoms with van der Waals surface area (Å²) in [6.07, 6.45) is 3.76. The lowest BCUT2D eigenvalue weighted by atomic mass is 10.2. The number of anilines is 1. The molecule has 1 saturated heterocycles. The Morgan fingerprint density at radius 1 is 1.71 bits per heavy atom. The van der Waals surface area contributed by atoms with Crippen LogP contribution < -0.4 is 4.90 Å². The summed E-state index contributed by atoms with van der Waals surface area (Å²) in [4.78, 5) is 6.26. The van der Waals surface area contributed by atoms with Crippen molar-refractivity contribution in [1.29, 1.82) is 0 Å². The first-order chi connectivity index (χ1) is 6.83. The van der Waals surface area contributed by atoms with Crippen LogP contribution in [0.3, 0.4) is 0 Å². The summed E-state index contributed by atoms with van der Waals surface area (Å²) in [5, 5.41) is 9.70. The van der Waals surface area contributed by atoms with Crippen LogP contribution in [-0.4, -0.2) is 29.3 Å². The summed E-state index contributed by atoms with van der Waals surface area (Å²) >= 11 is 5.99. The Balaban J connectivity index is 2.26. The molecule has 4 heteroatoms. The van der Waals surface area contributed by atoms with E-state index in [-0.39, 0.29) is 12.6 Å². The predicted molar refractivity (Wildman–Crippen MR) is 55.5 cm³/mol. The van der Waals surface area contributed by atoms with E-state index in [9.17, 15) is 0 Å². The van der Waals surface area contributed by atoms with Gasteiger partial charge in [-0.3, -0.25) is 0 Å². The lowest BCUT2D eigenvalue weighted by Crippen LogP contribution is -2.32. The van der Waals surface area contributed by atoms with Gasteiger partial charge in [0.2, 0.25) is 0 Å². The lowest BCUT2D eigenvalue weighted by molar-refractivity contribution is 0.266. The highest BCUT2D eigenvalue weighted by atomic mass is 35.5. The van der Waals surface area contributed by atoms with Gasteiger partial charge in [-0.1, -0.05) is 11.6 Å². The van der Waals surface area contributed by atoms with Crippen LogP contribution in [0.5, 0.6) is 0 Å². The van der Waals surface area contributed by atoms with Crippen LogP contribution in [0.4, 0.5) is 5.82 Å². The van der Waals surface area contributed by atoms with Crippen molar-refractivity contribution in [1.82, 2.24) is 4.98 Å². The summed E-state index contributed by atoms with van der Waals surface area (Å²) in [6.45, 7) is 1.07. The molecule has 3 nitrogen and oxygen atoms in total. The molecule has 1 atom stereocenters. The van der Waals surface area contributed by atoms with Crippen molar-refractivity contribution < 1.29 is 5.11 Å². The summed E-state index contributed by atoms with van der Waals surface area (Å²) in [5.41, 5.74) is 0. The molecule has 2 rings (SSSR count). The van der Waals surface area contributed by atoms with Crippen molar-refractivity contribution in [3.05, 3.63) is 23.4 Å². The molecule has 1 unspecified atom stereocenters. The fourth-order valence-electron chi connectivity index (χ4n) is 1.84. The maximum absolute atomic E-state index is 9.17. The maximum Gasteiger partial charge on any atom is 0.148 e. The fraction of sp³-hybridized carbons (Fsp3) is 0.500. The number of hydrogen-bond donors (Lipinski definition) is 1. The number of nitrogens with zero attached hydrogens (tertiary/aromatic N) is 2. The van der Waals surface area contributed by atoms with Crippen LogP contribution in [0, 0.1) is 6.07 Å². The van der Waals surface area contributed by atoms with E-state index in [1.165, 1.54) is 0 Å². The molecular formula is C10H12ClN2O. The second kappa shape index (κ2) is 4.15. The Hall–Kier alpha value is -0.800. The molecule has 75 valence electrons. The molecule has 0 amide bonds. The topological polar surface area (TPSA) is 36.4 Å². The number of halogens is 1. The second-order valence-corrected chi connectivity index (χ2v) is 3.78. The Labute approximate surface area is 88.3 Å². The van der Waals surface area contributed by atoms with E-state index < -0.39 is 0 Å². The van der Waals surface area contributed by atoms with Crippen LogP contribution in [0.2, 0.25) is 5.02 Å². The van der Waals surface area contributed by atoms with E-state index in [0.29, 0.717) is 5.02 Å². The highest BCUT2D eigenvalue weighted by Crippen LogP contribution is 2.28. The fourth-order valence-corrected chi connectivity index (χ4v) is 2.06. The van der Waals surface area contributed by atoms with E-state index in [1.54, 1.807) is 12.3 Å². The number of hydrogen-bond acceptors (Lipinski definition) is 3. The number of aromatic nitrogens is 1. The van der Waals surface area contributed by atoms with Crippen LogP contribution in [0.25, 0.3) is 0 Å². The van der Waals surface area contributed by atoms with Gasteiger partial charge >= 0.3 is 0 Å².